The zero-order valence-corrected chi connectivity index (χ0v) is 19.2. The van der Waals surface area contributed by atoms with Crippen molar-refractivity contribution in [2.75, 3.05) is 18.4 Å². The number of amides is 1. The van der Waals surface area contributed by atoms with Crippen LogP contribution >= 0.6 is 0 Å². The molecule has 0 saturated heterocycles. The Kier molecular flexibility index (Phi) is 8.93. The Morgan fingerprint density at radius 2 is 1.88 bits per heavy atom. The van der Waals surface area contributed by atoms with Crippen LogP contribution in [-0.2, 0) is 24.4 Å². The number of nitrogens with zero attached hydrogens (tertiary/aromatic N) is 2. The van der Waals surface area contributed by atoms with Gasteiger partial charge in [0.15, 0.2) is 0 Å². The molecule has 12 heteroatoms. The van der Waals surface area contributed by atoms with Gasteiger partial charge in [-0.15, -0.1) is 0 Å². The van der Waals surface area contributed by atoms with Gasteiger partial charge in [-0.05, 0) is 43.5 Å². The van der Waals surface area contributed by atoms with Crippen LogP contribution in [0.4, 0.5) is 5.82 Å². The second-order valence-electron chi connectivity index (χ2n) is 7.64. The Morgan fingerprint density at radius 1 is 1.12 bits per heavy atom. The van der Waals surface area contributed by atoms with Crippen LogP contribution in [-0.4, -0.2) is 61.3 Å². The summed E-state index contributed by atoms with van der Waals surface area (Å²) in [6.07, 6.45) is 4.24. The van der Waals surface area contributed by atoms with E-state index in [1.807, 2.05) is 18.2 Å². The quantitative estimate of drug-likeness (QED) is 0.307. The number of carbonyl (C=O) groups is 2. The molecule has 11 nitrogen and oxygen atoms in total. The highest BCUT2D eigenvalue weighted by atomic mass is 32.2. The third kappa shape index (κ3) is 7.52. The van der Waals surface area contributed by atoms with Crippen molar-refractivity contribution < 1.29 is 28.0 Å². The molecule has 2 aromatic rings. The number of pyridine rings is 1. The van der Waals surface area contributed by atoms with Crippen molar-refractivity contribution in [3.63, 3.8) is 0 Å². The second kappa shape index (κ2) is 12.1. The van der Waals surface area contributed by atoms with Crippen LogP contribution in [0.2, 0.25) is 0 Å². The van der Waals surface area contributed by atoms with E-state index in [1.165, 1.54) is 24.3 Å². The predicted octanol–water partition coefficient (Wildman–Crippen LogP) is 1.36. The first-order valence-corrected chi connectivity index (χ1v) is 12.3. The molecule has 0 aliphatic carbocycles. The van der Waals surface area contributed by atoms with E-state index in [0.717, 1.165) is 25.2 Å². The van der Waals surface area contributed by atoms with E-state index in [4.69, 9.17) is 4.84 Å². The summed E-state index contributed by atoms with van der Waals surface area (Å²) in [5.41, 5.74) is 0.145. The van der Waals surface area contributed by atoms with E-state index in [-0.39, 0.29) is 16.7 Å². The van der Waals surface area contributed by atoms with E-state index < -0.39 is 34.5 Å². The summed E-state index contributed by atoms with van der Waals surface area (Å²) in [5.74, 6) is -1.20. The number of sulfonamides is 1. The highest BCUT2D eigenvalue weighted by Gasteiger charge is 2.29. The van der Waals surface area contributed by atoms with Crippen molar-refractivity contribution in [1.82, 2.24) is 15.0 Å². The zero-order valence-electron chi connectivity index (χ0n) is 18.4. The van der Waals surface area contributed by atoms with E-state index >= 15 is 0 Å². The van der Waals surface area contributed by atoms with Gasteiger partial charge in [0.1, 0.15) is 23.7 Å². The molecule has 2 heterocycles. The van der Waals surface area contributed by atoms with Gasteiger partial charge in [-0.25, -0.2) is 13.4 Å². The van der Waals surface area contributed by atoms with Crippen molar-refractivity contribution in [3.8, 4) is 0 Å². The standard InChI is InChI=1S/C22H27N5O6S/c28-21(25-15-19(22(29)30)27-34(31,32)17-9-2-1-3-10-17)18-14-16(33-26-18)8-4-6-12-23-20-11-5-7-13-24-20/h1-3,5,7,9-11,13,16,19,27H,4,6,8,12,14-15H2,(H,23,24)(H,25,28)(H,29,30). The summed E-state index contributed by atoms with van der Waals surface area (Å²) in [5, 5.41) is 18.8. The maximum Gasteiger partial charge on any atom is 0.323 e. The Morgan fingerprint density at radius 3 is 2.59 bits per heavy atom. The first kappa shape index (κ1) is 25.1. The number of carboxylic acids is 1. The minimum Gasteiger partial charge on any atom is -0.480 e. The normalized spacial score (nSPS) is 16.2. The molecule has 1 aliphatic rings. The summed E-state index contributed by atoms with van der Waals surface area (Å²) in [4.78, 5) is 33.3. The zero-order chi connectivity index (χ0) is 24.4. The van der Waals surface area contributed by atoms with Crippen LogP contribution < -0.4 is 15.4 Å². The lowest BCUT2D eigenvalue weighted by Crippen LogP contribution is -2.49. The summed E-state index contributed by atoms with van der Waals surface area (Å²) in [6.45, 7) is 0.316. The summed E-state index contributed by atoms with van der Waals surface area (Å²) < 4.78 is 26.9. The van der Waals surface area contributed by atoms with Crippen molar-refractivity contribution in [2.45, 2.75) is 42.7 Å². The minimum absolute atomic E-state index is 0.0702. The van der Waals surface area contributed by atoms with E-state index in [2.05, 4.69) is 25.5 Å². The molecule has 4 N–H and O–H groups in total. The van der Waals surface area contributed by atoms with Crippen LogP contribution in [0.15, 0.2) is 64.8 Å². The fourth-order valence-electron chi connectivity index (χ4n) is 3.23. The lowest BCUT2D eigenvalue weighted by Gasteiger charge is -2.15. The number of unbranched alkanes of at least 4 members (excludes halogenated alkanes) is 1. The number of nitrogens with one attached hydrogen (secondary N) is 3. The molecular weight excluding hydrogens is 462 g/mol. The van der Waals surface area contributed by atoms with Crippen LogP contribution in [0.1, 0.15) is 25.7 Å². The molecule has 34 heavy (non-hydrogen) atoms. The van der Waals surface area contributed by atoms with Gasteiger partial charge in [0.2, 0.25) is 10.0 Å². The molecule has 2 unspecified atom stereocenters. The average molecular weight is 490 g/mol. The molecule has 0 fully saturated rings. The number of hydrogen-bond acceptors (Lipinski definition) is 8. The van der Waals surface area contributed by atoms with Crippen molar-refractivity contribution >= 4 is 33.4 Å². The molecule has 1 aromatic carbocycles. The highest BCUT2D eigenvalue weighted by molar-refractivity contribution is 7.89. The number of aliphatic carboxylic acids is 1. The summed E-state index contributed by atoms with van der Waals surface area (Å²) >= 11 is 0. The Balaban J connectivity index is 1.38. The predicted molar refractivity (Wildman–Crippen MR) is 125 cm³/mol. The van der Waals surface area contributed by atoms with Crippen LogP contribution in [0.25, 0.3) is 0 Å². The third-order valence-electron chi connectivity index (χ3n) is 5.03. The van der Waals surface area contributed by atoms with Gasteiger partial charge < -0.3 is 20.6 Å². The first-order valence-electron chi connectivity index (χ1n) is 10.8. The number of anilines is 1. The van der Waals surface area contributed by atoms with Gasteiger partial charge >= 0.3 is 5.97 Å². The molecule has 1 amide bonds. The number of carboxylic acid groups (broad SMARTS) is 1. The number of oxime groups is 1. The Hall–Kier alpha value is -3.51. The molecule has 1 aliphatic heterocycles. The minimum atomic E-state index is -4.06. The molecule has 0 radical (unpaired) electrons. The van der Waals surface area contributed by atoms with Gasteiger partial charge in [-0.3, -0.25) is 9.59 Å². The maximum atomic E-state index is 12.4. The number of hydrogen-bond donors (Lipinski definition) is 4. The van der Waals surface area contributed by atoms with Crippen LogP contribution in [0, 0.1) is 0 Å². The summed E-state index contributed by atoms with van der Waals surface area (Å²) in [6, 6.07) is 11.5. The first-order chi connectivity index (χ1) is 16.3. The average Bonchev–Trinajstić information content (AvgIpc) is 3.31. The van der Waals surface area contributed by atoms with Gasteiger partial charge in [-0.1, -0.05) is 29.4 Å². The molecule has 0 saturated carbocycles. The van der Waals surface area contributed by atoms with Gasteiger partial charge in [0, 0.05) is 25.7 Å². The number of rotatable bonds is 13. The van der Waals surface area contributed by atoms with Crippen molar-refractivity contribution in [2.24, 2.45) is 5.16 Å². The second-order valence-corrected chi connectivity index (χ2v) is 9.36. The molecule has 1 aromatic heterocycles. The maximum absolute atomic E-state index is 12.4. The van der Waals surface area contributed by atoms with Crippen molar-refractivity contribution in [3.05, 3.63) is 54.7 Å². The van der Waals surface area contributed by atoms with Crippen LogP contribution in [0.5, 0.6) is 0 Å². The monoisotopic (exact) mass is 489 g/mol. The molecule has 182 valence electrons. The fraction of sp³-hybridized carbons (Fsp3) is 0.364. The lowest BCUT2D eigenvalue weighted by atomic mass is 10.1. The number of carbonyl (C=O) groups excluding carboxylic acids is 1. The SMILES string of the molecule is O=C(NCC(NS(=O)(=O)c1ccccc1)C(=O)O)C1=NOC(CCCCNc2ccccn2)C1. The molecule has 0 bridgehead atoms. The molecule has 0 spiro atoms. The number of aromatic nitrogens is 1. The molecular formula is C22H27N5O6S. The van der Waals surface area contributed by atoms with Gasteiger partial charge in [0.05, 0.1) is 4.90 Å². The highest BCUT2D eigenvalue weighted by Crippen LogP contribution is 2.17. The van der Waals surface area contributed by atoms with Gasteiger partial charge in [0.25, 0.3) is 5.91 Å². The van der Waals surface area contributed by atoms with Gasteiger partial charge in [-0.2, -0.15) is 4.72 Å². The topological polar surface area (TPSA) is 159 Å². The third-order valence-corrected chi connectivity index (χ3v) is 6.52. The Bertz CT molecular complexity index is 1100. The summed E-state index contributed by atoms with van der Waals surface area (Å²) in [7, 11) is -4.06. The van der Waals surface area contributed by atoms with Crippen molar-refractivity contribution in [1.29, 1.82) is 0 Å². The van der Waals surface area contributed by atoms with Crippen LogP contribution in [0.3, 0.4) is 0 Å². The lowest BCUT2D eigenvalue weighted by molar-refractivity contribution is -0.138. The Labute approximate surface area is 197 Å². The van der Waals surface area contributed by atoms with E-state index in [1.54, 1.807) is 12.3 Å². The van der Waals surface area contributed by atoms with E-state index in [9.17, 15) is 23.1 Å². The largest absolute Gasteiger partial charge is 0.480 e. The number of benzene rings is 1. The molecule has 2 atom stereocenters. The van der Waals surface area contributed by atoms with E-state index in [0.29, 0.717) is 12.8 Å². The smallest absolute Gasteiger partial charge is 0.323 e. The fourth-order valence-corrected chi connectivity index (χ4v) is 4.44. The molecule has 3 rings (SSSR count).